The third-order valence-electron chi connectivity index (χ3n) is 3.98. The molecule has 23 heavy (non-hydrogen) atoms. The first-order valence-corrected chi connectivity index (χ1v) is 8.47. The molecule has 0 aromatic heterocycles. The molecule has 0 saturated carbocycles. The number of rotatable bonds is 3. The fraction of sp³-hybridized carbons (Fsp3) is 0.235. The van der Waals surface area contributed by atoms with E-state index in [1.807, 2.05) is 0 Å². The number of amides is 1. The lowest BCUT2D eigenvalue weighted by molar-refractivity contribution is -0.118. The largest absolute Gasteiger partial charge is 0.325 e. The topological polar surface area (TPSA) is 41.1 Å². The minimum absolute atomic E-state index is 0.186. The van der Waals surface area contributed by atoms with Crippen molar-refractivity contribution in [2.45, 2.75) is 18.4 Å². The summed E-state index contributed by atoms with van der Waals surface area (Å²) >= 11 is 9.13. The van der Waals surface area contributed by atoms with E-state index < -0.39 is 6.04 Å². The highest BCUT2D eigenvalue weighted by Gasteiger charge is 2.35. The smallest absolute Gasteiger partial charge is 0.242 e. The Kier molecular flexibility index (Phi) is 4.99. The monoisotopic (exact) mass is 396 g/mol. The second kappa shape index (κ2) is 6.99. The molecule has 3 rings (SSSR count). The van der Waals surface area contributed by atoms with Crippen LogP contribution in [0.5, 0.6) is 0 Å². The van der Waals surface area contributed by atoms with Gasteiger partial charge in [-0.25, -0.2) is 4.39 Å². The van der Waals surface area contributed by atoms with Crippen molar-refractivity contribution in [1.29, 1.82) is 0 Å². The summed E-state index contributed by atoms with van der Waals surface area (Å²) in [6.45, 7) is 0.671. The molecular weight excluding hydrogens is 383 g/mol. The third kappa shape index (κ3) is 3.57. The number of carbonyl (C=O) groups excluding carboxylic acids is 1. The van der Waals surface area contributed by atoms with Crippen molar-refractivity contribution >= 4 is 39.1 Å². The Balaban J connectivity index is 1.81. The van der Waals surface area contributed by atoms with Crippen molar-refractivity contribution in [3.8, 4) is 0 Å². The molecular formula is C17H15BrClFN2O. The lowest BCUT2D eigenvalue weighted by Crippen LogP contribution is -2.39. The van der Waals surface area contributed by atoms with Crippen molar-refractivity contribution in [3.05, 3.63) is 63.3 Å². The fourth-order valence-electron chi connectivity index (χ4n) is 2.91. The van der Waals surface area contributed by atoms with E-state index >= 15 is 0 Å². The predicted octanol–water partition coefficient (Wildman–Crippen LogP) is 4.33. The molecule has 120 valence electrons. The van der Waals surface area contributed by atoms with E-state index in [0.717, 1.165) is 0 Å². The maximum Gasteiger partial charge on any atom is 0.242 e. The van der Waals surface area contributed by atoms with E-state index in [1.165, 1.54) is 0 Å². The summed E-state index contributed by atoms with van der Waals surface area (Å²) in [5.74, 6) is -0.692. The summed E-state index contributed by atoms with van der Waals surface area (Å²) < 4.78 is 14.8. The van der Waals surface area contributed by atoms with Crippen LogP contribution in [0.2, 0.25) is 5.02 Å². The highest BCUT2D eigenvalue weighted by molar-refractivity contribution is 9.10. The van der Waals surface area contributed by atoms with Gasteiger partial charge in [-0.05, 0) is 58.7 Å². The molecule has 1 aliphatic heterocycles. The molecule has 2 unspecified atom stereocenters. The van der Waals surface area contributed by atoms with Crippen LogP contribution in [0.15, 0.2) is 46.9 Å². The van der Waals surface area contributed by atoms with Crippen molar-refractivity contribution in [2.75, 3.05) is 11.9 Å². The van der Waals surface area contributed by atoms with Gasteiger partial charge in [-0.3, -0.25) is 4.79 Å². The number of halogens is 3. The molecule has 1 aliphatic rings. The van der Waals surface area contributed by atoms with Crippen LogP contribution in [-0.2, 0) is 4.79 Å². The number of anilines is 1. The molecule has 6 heteroatoms. The minimum Gasteiger partial charge on any atom is -0.325 e. The number of benzene rings is 2. The molecule has 1 amide bonds. The Morgan fingerprint density at radius 2 is 2.09 bits per heavy atom. The maximum absolute atomic E-state index is 14.3. The van der Waals surface area contributed by atoms with Crippen LogP contribution in [0.4, 0.5) is 10.1 Å². The van der Waals surface area contributed by atoms with Crippen LogP contribution in [0.1, 0.15) is 17.9 Å². The summed E-state index contributed by atoms with van der Waals surface area (Å²) in [6, 6.07) is 11.7. The molecule has 1 heterocycles. The highest BCUT2D eigenvalue weighted by atomic mass is 79.9. The number of carbonyl (C=O) groups is 1. The first-order valence-electron chi connectivity index (χ1n) is 7.30. The summed E-state index contributed by atoms with van der Waals surface area (Å²) in [5, 5.41) is 6.55. The summed E-state index contributed by atoms with van der Waals surface area (Å²) in [5.41, 5.74) is 1.18. The van der Waals surface area contributed by atoms with Crippen LogP contribution in [0.25, 0.3) is 0 Å². The van der Waals surface area contributed by atoms with Gasteiger partial charge in [0.25, 0.3) is 0 Å². The molecule has 0 radical (unpaired) electrons. The average Bonchev–Trinajstić information content (AvgIpc) is 2.99. The van der Waals surface area contributed by atoms with E-state index in [4.69, 9.17) is 11.6 Å². The first kappa shape index (κ1) is 16.4. The van der Waals surface area contributed by atoms with Crippen molar-refractivity contribution in [1.82, 2.24) is 5.32 Å². The van der Waals surface area contributed by atoms with Gasteiger partial charge in [0.15, 0.2) is 0 Å². The normalized spacial score (nSPS) is 20.5. The standard InChI is InChI=1S/C17H15BrClFN2O/c18-14-6-2-5-12(15(14)20)13-7-8-21-16(13)17(23)22-11-4-1-3-10(19)9-11/h1-6,9,13,16,21H,7-8H2,(H,22,23). The van der Waals surface area contributed by atoms with Crippen LogP contribution >= 0.6 is 27.5 Å². The minimum atomic E-state index is -0.474. The predicted molar refractivity (Wildman–Crippen MR) is 93.3 cm³/mol. The van der Waals surface area contributed by atoms with E-state index in [0.29, 0.717) is 33.7 Å². The molecule has 0 bridgehead atoms. The van der Waals surface area contributed by atoms with Gasteiger partial charge in [0, 0.05) is 16.6 Å². The Morgan fingerprint density at radius 1 is 1.30 bits per heavy atom. The fourth-order valence-corrected chi connectivity index (χ4v) is 3.48. The Hall–Kier alpha value is -1.43. The molecule has 1 fully saturated rings. The molecule has 3 nitrogen and oxygen atoms in total. The molecule has 0 aliphatic carbocycles. The van der Waals surface area contributed by atoms with Gasteiger partial charge in [0.05, 0.1) is 10.5 Å². The Morgan fingerprint density at radius 3 is 2.87 bits per heavy atom. The molecule has 2 aromatic rings. The van der Waals surface area contributed by atoms with E-state index in [9.17, 15) is 9.18 Å². The molecule has 2 aromatic carbocycles. The first-order chi connectivity index (χ1) is 11.1. The number of hydrogen-bond acceptors (Lipinski definition) is 2. The van der Waals surface area contributed by atoms with Gasteiger partial charge in [-0.1, -0.05) is 29.8 Å². The van der Waals surface area contributed by atoms with Crippen LogP contribution in [0, 0.1) is 5.82 Å². The lowest BCUT2D eigenvalue weighted by atomic mass is 9.91. The van der Waals surface area contributed by atoms with Crippen LogP contribution in [-0.4, -0.2) is 18.5 Å². The zero-order chi connectivity index (χ0) is 16.4. The third-order valence-corrected chi connectivity index (χ3v) is 4.83. The van der Waals surface area contributed by atoms with Crippen LogP contribution < -0.4 is 10.6 Å². The number of hydrogen-bond donors (Lipinski definition) is 2. The SMILES string of the molecule is O=C(Nc1cccc(Cl)c1)C1NCCC1c1cccc(Br)c1F. The lowest BCUT2D eigenvalue weighted by Gasteiger charge is -2.20. The van der Waals surface area contributed by atoms with Gasteiger partial charge in [-0.2, -0.15) is 0 Å². The summed E-state index contributed by atoms with van der Waals surface area (Å²) in [4.78, 5) is 12.6. The van der Waals surface area contributed by atoms with Gasteiger partial charge in [0.1, 0.15) is 5.82 Å². The molecule has 2 atom stereocenters. The van der Waals surface area contributed by atoms with Gasteiger partial charge < -0.3 is 10.6 Å². The van der Waals surface area contributed by atoms with Crippen molar-refractivity contribution in [2.24, 2.45) is 0 Å². The average molecular weight is 398 g/mol. The zero-order valence-corrected chi connectivity index (χ0v) is 14.5. The van der Waals surface area contributed by atoms with Crippen molar-refractivity contribution < 1.29 is 9.18 Å². The quantitative estimate of drug-likeness (QED) is 0.809. The Labute approximate surface area is 147 Å². The van der Waals surface area contributed by atoms with Crippen LogP contribution in [0.3, 0.4) is 0 Å². The van der Waals surface area contributed by atoms with Gasteiger partial charge >= 0.3 is 0 Å². The van der Waals surface area contributed by atoms with E-state index in [-0.39, 0.29) is 17.6 Å². The van der Waals surface area contributed by atoms with E-state index in [1.54, 1.807) is 42.5 Å². The van der Waals surface area contributed by atoms with Gasteiger partial charge in [-0.15, -0.1) is 0 Å². The molecule has 2 N–H and O–H groups in total. The highest BCUT2D eigenvalue weighted by Crippen LogP contribution is 2.33. The van der Waals surface area contributed by atoms with E-state index in [2.05, 4.69) is 26.6 Å². The van der Waals surface area contributed by atoms with Crippen molar-refractivity contribution in [3.63, 3.8) is 0 Å². The number of nitrogens with one attached hydrogen (secondary N) is 2. The summed E-state index contributed by atoms with van der Waals surface area (Å²) in [7, 11) is 0. The second-order valence-electron chi connectivity index (χ2n) is 5.47. The zero-order valence-electron chi connectivity index (χ0n) is 12.2. The van der Waals surface area contributed by atoms with Gasteiger partial charge in [0.2, 0.25) is 5.91 Å². The Bertz CT molecular complexity index is 740. The summed E-state index contributed by atoms with van der Waals surface area (Å²) in [6.07, 6.45) is 0.709. The maximum atomic E-state index is 14.3. The second-order valence-corrected chi connectivity index (χ2v) is 6.76. The molecule has 0 spiro atoms. The molecule has 1 saturated heterocycles.